The highest BCUT2D eigenvalue weighted by Crippen LogP contribution is 2.45. The van der Waals surface area contributed by atoms with E-state index < -0.39 is 0 Å². The summed E-state index contributed by atoms with van der Waals surface area (Å²) in [4.78, 5) is 15.8. The third-order valence-electron chi connectivity index (χ3n) is 11.5. The van der Waals surface area contributed by atoms with Gasteiger partial charge >= 0.3 is 0 Å². The molecule has 56 heavy (non-hydrogen) atoms. The van der Waals surface area contributed by atoms with E-state index in [1.165, 1.54) is 53.4 Å². The van der Waals surface area contributed by atoms with Crippen molar-refractivity contribution in [3.05, 3.63) is 188 Å². The molecule has 10 aromatic rings. The Balaban J connectivity index is 1.13. The number of hydrogen-bond acceptors (Lipinski definition) is 4. The molecule has 0 fully saturated rings. The molecule has 0 spiro atoms. The monoisotopic (exact) mass is 732 g/mol. The van der Waals surface area contributed by atoms with Gasteiger partial charge in [0.05, 0.1) is 16.7 Å². The predicted molar refractivity (Wildman–Crippen MR) is 235 cm³/mol. The van der Waals surface area contributed by atoms with Crippen molar-refractivity contribution in [2.45, 2.75) is 0 Å². The first-order valence-electron chi connectivity index (χ1n) is 19.1. The summed E-state index contributed by atoms with van der Waals surface area (Å²) in [5, 5.41) is 9.72. The number of benzene rings is 7. The van der Waals surface area contributed by atoms with Crippen molar-refractivity contribution in [3.63, 3.8) is 0 Å². The lowest BCUT2D eigenvalue weighted by Crippen LogP contribution is -2.12. The minimum absolute atomic E-state index is 0.265. The second-order valence-corrected chi connectivity index (χ2v) is 15.8. The summed E-state index contributed by atoms with van der Waals surface area (Å²) in [6, 6.07) is 50.3. The fraction of sp³-hybridized carbons (Fsp3) is 0.0392. The molecule has 262 valence electrons. The van der Waals surface area contributed by atoms with Crippen molar-refractivity contribution < 1.29 is 0 Å². The molecular formula is C51H32N4S. The van der Waals surface area contributed by atoms with Gasteiger partial charge in [0.25, 0.3) is 0 Å². The molecule has 0 amide bonds. The van der Waals surface area contributed by atoms with Crippen LogP contribution in [0.25, 0.3) is 97.6 Å². The van der Waals surface area contributed by atoms with Gasteiger partial charge < -0.3 is 4.57 Å². The van der Waals surface area contributed by atoms with E-state index in [1.807, 2.05) is 11.3 Å². The first kappa shape index (κ1) is 31.4. The lowest BCUT2D eigenvalue weighted by molar-refractivity contribution is 0.662. The van der Waals surface area contributed by atoms with E-state index in [1.54, 1.807) is 0 Å². The maximum atomic E-state index is 5.32. The lowest BCUT2D eigenvalue weighted by atomic mass is 9.83. The highest BCUT2D eigenvalue weighted by molar-refractivity contribution is 7.26. The van der Waals surface area contributed by atoms with Crippen LogP contribution in [0.1, 0.15) is 5.82 Å². The van der Waals surface area contributed by atoms with Crippen LogP contribution >= 0.6 is 11.3 Å². The fourth-order valence-electron chi connectivity index (χ4n) is 8.80. The molecule has 4 nitrogen and oxygen atoms in total. The van der Waals surface area contributed by atoms with Crippen LogP contribution in [0.4, 0.5) is 0 Å². The molecule has 0 bridgehead atoms. The molecule has 7 aromatic carbocycles. The molecule has 2 unspecified atom stereocenters. The number of hydrogen-bond donors (Lipinski definition) is 0. The Hall–Kier alpha value is -6.95. The minimum atomic E-state index is 0.265. The van der Waals surface area contributed by atoms with Gasteiger partial charge in [-0.25, -0.2) is 15.0 Å². The van der Waals surface area contributed by atoms with E-state index in [0.29, 0.717) is 23.4 Å². The van der Waals surface area contributed by atoms with Gasteiger partial charge in [-0.15, -0.1) is 11.3 Å². The largest absolute Gasteiger partial charge is 0.309 e. The average Bonchev–Trinajstić information content (AvgIpc) is 3.81. The molecule has 0 saturated heterocycles. The van der Waals surface area contributed by atoms with Crippen LogP contribution in [0.3, 0.4) is 0 Å². The fourth-order valence-corrected chi connectivity index (χ4v) is 10.0. The summed E-state index contributed by atoms with van der Waals surface area (Å²) < 4.78 is 4.85. The van der Waals surface area contributed by atoms with Crippen LogP contribution in [-0.2, 0) is 0 Å². The van der Waals surface area contributed by atoms with Crippen LogP contribution in [-0.4, -0.2) is 19.5 Å². The Morgan fingerprint density at radius 3 is 2.07 bits per heavy atom. The first-order chi connectivity index (χ1) is 27.7. The van der Waals surface area contributed by atoms with Crippen LogP contribution in [0.5, 0.6) is 0 Å². The Morgan fingerprint density at radius 1 is 0.500 bits per heavy atom. The summed E-state index contributed by atoms with van der Waals surface area (Å²) in [6.45, 7) is 0. The number of fused-ring (bicyclic) bond motifs is 9. The highest BCUT2D eigenvalue weighted by Gasteiger charge is 2.24. The van der Waals surface area contributed by atoms with Crippen LogP contribution < -0.4 is 0 Å². The predicted octanol–water partition coefficient (Wildman–Crippen LogP) is 13.3. The van der Waals surface area contributed by atoms with Gasteiger partial charge in [-0.05, 0) is 64.0 Å². The summed E-state index contributed by atoms with van der Waals surface area (Å²) in [7, 11) is 0. The average molecular weight is 733 g/mol. The van der Waals surface area contributed by atoms with Crippen molar-refractivity contribution in [2.24, 2.45) is 11.8 Å². The van der Waals surface area contributed by atoms with E-state index in [4.69, 9.17) is 15.0 Å². The smallest absolute Gasteiger partial charge is 0.165 e. The van der Waals surface area contributed by atoms with Crippen LogP contribution in [0, 0.1) is 11.8 Å². The van der Waals surface area contributed by atoms with Crippen LogP contribution in [0.2, 0.25) is 0 Å². The van der Waals surface area contributed by atoms with Gasteiger partial charge in [0.2, 0.25) is 0 Å². The zero-order chi connectivity index (χ0) is 36.7. The van der Waals surface area contributed by atoms with Crippen molar-refractivity contribution in [3.8, 4) is 28.5 Å². The number of rotatable bonds is 4. The third kappa shape index (κ3) is 4.88. The number of para-hydroxylation sites is 1. The number of nitrogens with zero attached hydrogens (tertiary/aromatic N) is 4. The van der Waals surface area contributed by atoms with E-state index in [9.17, 15) is 0 Å². The van der Waals surface area contributed by atoms with Crippen molar-refractivity contribution in [1.82, 2.24) is 19.5 Å². The Labute approximate surface area is 326 Å². The van der Waals surface area contributed by atoms with E-state index in [2.05, 4.69) is 187 Å². The van der Waals surface area contributed by atoms with E-state index >= 15 is 0 Å². The van der Waals surface area contributed by atoms with Gasteiger partial charge in [-0.3, -0.25) is 0 Å². The summed E-state index contributed by atoms with van der Waals surface area (Å²) in [5.74, 6) is 2.63. The van der Waals surface area contributed by atoms with Crippen LogP contribution in [0.15, 0.2) is 182 Å². The van der Waals surface area contributed by atoms with Crippen molar-refractivity contribution >= 4 is 80.4 Å². The first-order valence-corrected chi connectivity index (χ1v) is 19.9. The molecule has 3 aromatic heterocycles. The normalized spacial score (nSPS) is 16.5. The topological polar surface area (TPSA) is 43.6 Å². The molecule has 0 aliphatic heterocycles. The van der Waals surface area contributed by atoms with E-state index in [-0.39, 0.29) is 5.92 Å². The molecule has 5 heteroatoms. The molecule has 12 rings (SSSR count). The van der Waals surface area contributed by atoms with Gasteiger partial charge in [-0.2, -0.15) is 0 Å². The number of aromatic nitrogens is 4. The van der Waals surface area contributed by atoms with E-state index in [0.717, 1.165) is 32.5 Å². The molecule has 0 N–H and O–H groups in total. The Morgan fingerprint density at radius 2 is 1.20 bits per heavy atom. The molecule has 3 heterocycles. The summed E-state index contributed by atoms with van der Waals surface area (Å²) >= 11 is 1.81. The summed E-state index contributed by atoms with van der Waals surface area (Å²) in [6.07, 6.45) is 15.5. The molecule has 2 aliphatic carbocycles. The maximum Gasteiger partial charge on any atom is 0.165 e. The SMILES string of the molecule is C1=CC2C=CC(c3nc(-c4ccc5ccccc5c4)nc(-c4ccc(-n5c6ccccc6c6cc7ccccc7cc65)c5c4sc4ccccc45)n3)=CC2C=C1. The molecule has 0 saturated carbocycles. The Bertz CT molecular complexity index is 3390. The van der Waals surface area contributed by atoms with Crippen molar-refractivity contribution in [2.75, 3.05) is 0 Å². The van der Waals surface area contributed by atoms with Crippen molar-refractivity contribution in [1.29, 1.82) is 0 Å². The quantitative estimate of drug-likeness (QED) is 0.181. The second kappa shape index (κ2) is 12.3. The zero-order valence-corrected chi connectivity index (χ0v) is 31.0. The number of allylic oxidation sites excluding steroid dienone is 8. The minimum Gasteiger partial charge on any atom is -0.309 e. The second-order valence-electron chi connectivity index (χ2n) is 14.8. The lowest BCUT2D eigenvalue weighted by Gasteiger charge is -2.22. The molecule has 2 atom stereocenters. The Kier molecular flexibility index (Phi) is 6.89. The zero-order valence-electron chi connectivity index (χ0n) is 30.2. The summed E-state index contributed by atoms with van der Waals surface area (Å²) in [5.41, 5.74) is 6.50. The standard InChI is InChI=1S/C51H32N4S/c1-3-13-33-27-37(23-21-31(33)11-1)49-52-50(38-24-22-32-12-2-4-14-34(32)28-38)54-51(53-49)41-25-26-44(47-40-18-8-10-20-46(40)56-48(41)47)55-43-19-9-7-17-39(43)42-29-35-15-5-6-16-36(35)30-45(42)55/h1-31,33H. The highest BCUT2D eigenvalue weighted by atomic mass is 32.1. The third-order valence-corrected chi connectivity index (χ3v) is 12.7. The molecule has 2 aliphatic rings. The van der Waals surface area contributed by atoms with Gasteiger partial charge in [0.15, 0.2) is 17.5 Å². The van der Waals surface area contributed by atoms with Gasteiger partial charge in [-0.1, -0.05) is 140 Å². The molecular weight excluding hydrogens is 701 g/mol. The molecule has 0 radical (unpaired) electrons. The van der Waals surface area contributed by atoms with Gasteiger partial charge in [0, 0.05) is 59.5 Å². The van der Waals surface area contributed by atoms with Gasteiger partial charge in [0.1, 0.15) is 0 Å². The number of thiophene rings is 1. The maximum absolute atomic E-state index is 5.32.